The highest BCUT2D eigenvalue weighted by atomic mass is 28.3. The Hall–Kier alpha value is -4.46. The summed E-state index contributed by atoms with van der Waals surface area (Å²) in [6, 6.07) is 44.6. The summed E-state index contributed by atoms with van der Waals surface area (Å²) in [7, 11) is -2.20. The SMILES string of the molecule is C=Cc1ccc(C=Cc2ccc([Si](C)(c3ccc(C)cc3)c3ccc(C=Cc4cccc(C)c4)cc3)cc2)cc1. The molecule has 0 nitrogen and oxygen atoms in total. The average Bonchev–Trinajstić information content (AvgIpc) is 3.00. The summed E-state index contributed by atoms with van der Waals surface area (Å²) in [5.74, 6) is 0. The van der Waals surface area contributed by atoms with Gasteiger partial charge in [-0.3, -0.25) is 0 Å². The molecule has 0 aliphatic carbocycles. The second-order valence-corrected chi connectivity index (χ2v) is 14.7. The molecule has 5 rings (SSSR count). The summed E-state index contributed by atoms with van der Waals surface area (Å²) >= 11 is 0. The first-order chi connectivity index (χ1) is 19.4. The lowest BCUT2D eigenvalue weighted by Gasteiger charge is -2.30. The third kappa shape index (κ3) is 6.22. The van der Waals surface area contributed by atoms with Crippen molar-refractivity contribution in [1.82, 2.24) is 0 Å². The number of hydrogen-bond acceptors (Lipinski definition) is 0. The summed E-state index contributed by atoms with van der Waals surface area (Å²) in [6.07, 6.45) is 10.6. The Morgan fingerprint density at radius 2 is 0.850 bits per heavy atom. The van der Waals surface area contributed by atoms with E-state index in [0.29, 0.717) is 0 Å². The third-order valence-electron chi connectivity index (χ3n) is 7.76. The van der Waals surface area contributed by atoms with Gasteiger partial charge in [0.15, 0.2) is 0 Å². The van der Waals surface area contributed by atoms with Gasteiger partial charge in [0.25, 0.3) is 0 Å². The number of rotatable bonds is 8. The Morgan fingerprint density at radius 1 is 0.450 bits per heavy atom. The van der Waals surface area contributed by atoms with Crippen molar-refractivity contribution < 1.29 is 0 Å². The number of aryl methyl sites for hydroxylation is 2. The van der Waals surface area contributed by atoms with Crippen LogP contribution in [-0.4, -0.2) is 8.07 Å². The van der Waals surface area contributed by atoms with Crippen LogP contribution in [-0.2, 0) is 0 Å². The minimum atomic E-state index is -2.20. The van der Waals surface area contributed by atoms with Crippen molar-refractivity contribution in [3.05, 3.63) is 167 Å². The van der Waals surface area contributed by atoms with E-state index in [4.69, 9.17) is 0 Å². The molecule has 40 heavy (non-hydrogen) atoms. The van der Waals surface area contributed by atoms with E-state index >= 15 is 0 Å². The third-order valence-corrected chi connectivity index (χ3v) is 12.2. The van der Waals surface area contributed by atoms with E-state index in [1.54, 1.807) is 0 Å². The van der Waals surface area contributed by atoms with Gasteiger partial charge in [0.05, 0.1) is 0 Å². The van der Waals surface area contributed by atoms with Crippen molar-refractivity contribution in [3.63, 3.8) is 0 Å². The van der Waals surface area contributed by atoms with Crippen LogP contribution in [0.2, 0.25) is 6.55 Å². The first kappa shape index (κ1) is 27.1. The molecule has 0 aliphatic rings. The van der Waals surface area contributed by atoms with Gasteiger partial charge in [-0.05, 0) is 57.2 Å². The van der Waals surface area contributed by atoms with Crippen molar-refractivity contribution in [2.75, 3.05) is 0 Å². The smallest absolute Gasteiger partial charge is 0.0985 e. The summed E-state index contributed by atoms with van der Waals surface area (Å²) in [4.78, 5) is 0. The summed E-state index contributed by atoms with van der Waals surface area (Å²) in [5.41, 5.74) is 8.54. The van der Waals surface area contributed by atoms with Crippen LogP contribution in [0.5, 0.6) is 0 Å². The lowest BCUT2D eigenvalue weighted by molar-refractivity contribution is 1.46. The summed E-state index contributed by atoms with van der Waals surface area (Å²) in [5, 5.41) is 4.24. The maximum atomic E-state index is 3.84. The van der Waals surface area contributed by atoms with Crippen LogP contribution in [0, 0.1) is 13.8 Å². The molecule has 0 heterocycles. The van der Waals surface area contributed by atoms with Crippen LogP contribution >= 0.6 is 0 Å². The first-order valence-electron chi connectivity index (χ1n) is 13.9. The normalized spacial score (nSPS) is 13.0. The molecule has 1 atom stereocenters. The monoisotopic (exact) mass is 532 g/mol. The molecule has 0 radical (unpaired) electrons. The van der Waals surface area contributed by atoms with Gasteiger partial charge >= 0.3 is 0 Å². The van der Waals surface area contributed by atoms with Gasteiger partial charge in [0, 0.05) is 0 Å². The van der Waals surface area contributed by atoms with Gasteiger partial charge in [0.2, 0.25) is 0 Å². The van der Waals surface area contributed by atoms with Gasteiger partial charge in [-0.1, -0.05) is 176 Å². The van der Waals surface area contributed by atoms with E-state index < -0.39 is 8.07 Å². The average molecular weight is 533 g/mol. The van der Waals surface area contributed by atoms with E-state index in [1.165, 1.54) is 48.9 Å². The van der Waals surface area contributed by atoms with Crippen LogP contribution < -0.4 is 15.6 Å². The molecule has 0 saturated carbocycles. The molecule has 0 amide bonds. The predicted octanol–water partition coefficient (Wildman–Crippen LogP) is 8.39. The highest BCUT2D eigenvalue weighted by Gasteiger charge is 2.33. The highest BCUT2D eigenvalue weighted by Crippen LogP contribution is 2.15. The van der Waals surface area contributed by atoms with Gasteiger partial charge in [-0.25, -0.2) is 0 Å². The largest absolute Gasteiger partial charge is 0.145 e. The van der Waals surface area contributed by atoms with Crippen LogP contribution in [0.4, 0.5) is 0 Å². The van der Waals surface area contributed by atoms with Crippen LogP contribution in [0.25, 0.3) is 30.4 Å². The maximum absolute atomic E-state index is 3.84. The van der Waals surface area contributed by atoms with Gasteiger partial charge in [-0.15, -0.1) is 0 Å². The maximum Gasteiger partial charge on any atom is 0.145 e. The molecule has 196 valence electrons. The zero-order chi connectivity index (χ0) is 28.0. The lowest BCUT2D eigenvalue weighted by atomic mass is 10.1. The van der Waals surface area contributed by atoms with Crippen molar-refractivity contribution >= 4 is 54.0 Å². The molecular formula is C39H36Si. The number of benzene rings is 5. The van der Waals surface area contributed by atoms with Crippen molar-refractivity contribution in [1.29, 1.82) is 0 Å². The minimum absolute atomic E-state index is 1.14. The van der Waals surface area contributed by atoms with Crippen molar-refractivity contribution in [3.8, 4) is 0 Å². The summed E-state index contributed by atoms with van der Waals surface area (Å²) < 4.78 is 0. The molecule has 0 saturated heterocycles. The fourth-order valence-electron chi connectivity index (χ4n) is 5.14. The second kappa shape index (κ2) is 12.2. The van der Waals surface area contributed by atoms with E-state index in [1.807, 2.05) is 6.08 Å². The molecular weight excluding hydrogens is 497 g/mol. The van der Waals surface area contributed by atoms with E-state index in [2.05, 4.69) is 173 Å². The molecule has 5 aromatic carbocycles. The lowest BCUT2D eigenvalue weighted by Crippen LogP contribution is -2.64. The fraction of sp³-hybridized carbons (Fsp3) is 0.0769. The Bertz CT molecular complexity index is 1630. The molecule has 0 bridgehead atoms. The molecule has 1 unspecified atom stereocenters. The fourth-order valence-corrected chi connectivity index (χ4v) is 8.64. The Kier molecular flexibility index (Phi) is 8.24. The van der Waals surface area contributed by atoms with Crippen LogP contribution in [0.15, 0.2) is 128 Å². The Morgan fingerprint density at radius 3 is 1.30 bits per heavy atom. The highest BCUT2D eigenvalue weighted by molar-refractivity contribution is 7.10. The molecule has 0 aliphatic heterocycles. The summed E-state index contributed by atoms with van der Waals surface area (Å²) in [6.45, 7) is 10.6. The van der Waals surface area contributed by atoms with Gasteiger partial charge in [-0.2, -0.15) is 0 Å². The Labute approximate surface area is 240 Å². The van der Waals surface area contributed by atoms with Gasteiger partial charge < -0.3 is 0 Å². The molecule has 5 aromatic rings. The minimum Gasteiger partial charge on any atom is -0.0985 e. The molecule has 0 fully saturated rings. The van der Waals surface area contributed by atoms with E-state index in [9.17, 15) is 0 Å². The molecule has 0 spiro atoms. The van der Waals surface area contributed by atoms with Crippen molar-refractivity contribution in [2.45, 2.75) is 20.4 Å². The topological polar surface area (TPSA) is 0 Å². The molecule has 0 N–H and O–H groups in total. The first-order valence-corrected chi connectivity index (χ1v) is 16.4. The van der Waals surface area contributed by atoms with E-state index in [0.717, 1.165) is 5.56 Å². The number of hydrogen-bond donors (Lipinski definition) is 0. The molecule has 0 aromatic heterocycles. The van der Waals surface area contributed by atoms with E-state index in [-0.39, 0.29) is 0 Å². The zero-order valence-electron chi connectivity index (χ0n) is 23.6. The quantitative estimate of drug-likeness (QED) is 0.107. The predicted molar refractivity (Wildman–Crippen MR) is 180 cm³/mol. The van der Waals surface area contributed by atoms with Crippen LogP contribution in [0.3, 0.4) is 0 Å². The van der Waals surface area contributed by atoms with Crippen LogP contribution in [0.1, 0.15) is 38.9 Å². The second-order valence-electron chi connectivity index (χ2n) is 10.7. The molecule has 1 heteroatoms. The Balaban J connectivity index is 1.44. The zero-order valence-corrected chi connectivity index (χ0v) is 24.6. The standard InChI is InChI=1S/C39H36Si/c1-5-32-11-13-33(14-12-32)15-16-34-19-25-38(26-20-34)40(4,37-23-9-30(2)10-24-37)39-27-21-35(22-28-39)17-18-36-8-6-7-31(3)29-36/h5-29H,1H2,2-4H3. The van der Waals surface area contributed by atoms with Crippen molar-refractivity contribution in [2.24, 2.45) is 0 Å². The van der Waals surface area contributed by atoms with Gasteiger partial charge in [0.1, 0.15) is 8.07 Å².